The molecule has 7 heteroatoms. The highest BCUT2D eigenvalue weighted by atomic mass is 16.7. The molecule has 0 saturated carbocycles. The smallest absolute Gasteiger partial charge is 0.303 e. The Morgan fingerprint density at radius 1 is 0.743 bits per heavy atom. The number of rotatable bonds is 8. The number of carbonyl (C=O) groups excluding carboxylic acids is 2. The Hall–Kier alpha value is -3.52. The molecule has 0 radical (unpaired) electrons. The number of aliphatic hydroxyl groups is 1. The van der Waals surface area contributed by atoms with Gasteiger partial charge >= 0.3 is 11.9 Å². The Bertz CT molecular complexity index is 1020. The average molecular weight is 477 g/mol. The molecule has 1 aliphatic heterocycles. The molecule has 4 atom stereocenters. The normalized spacial score (nSPS) is 21.9. The summed E-state index contributed by atoms with van der Waals surface area (Å²) in [6.45, 7) is 2.40. The van der Waals surface area contributed by atoms with Gasteiger partial charge in [0.15, 0.2) is 18.5 Å². The number of ether oxygens (including phenoxy) is 4. The zero-order valence-corrected chi connectivity index (χ0v) is 19.6. The van der Waals surface area contributed by atoms with Crippen molar-refractivity contribution in [3.8, 4) is 0 Å². The van der Waals surface area contributed by atoms with Gasteiger partial charge in [-0.3, -0.25) is 9.59 Å². The highest BCUT2D eigenvalue weighted by Crippen LogP contribution is 2.41. The molecular weight excluding hydrogens is 448 g/mol. The van der Waals surface area contributed by atoms with Crippen LogP contribution < -0.4 is 0 Å². The van der Waals surface area contributed by atoms with Crippen LogP contribution in [0, 0.1) is 0 Å². The van der Waals surface area contributed by atoms with Crippen LogP contribution in [0.1, 0.15) is 30.5 Å². The van der Waals surface area contributed by atoms with Gasteiger partial charge in [-0.1, -0.05) is 91.0 Å². The summed E-state index contributed by atoms with van der Waals surface area (Å²) < 4.78 is 23.0. The van der Waals surface area contributed by atoms with Gasteiger partial charge in [0.05, 0.1) is 6.61 Å². The Morgan fingerprint density at radius 2 is 1.14 bits per heavy atom. The molecule has 3 aromatic rings. The minimum Gasteiger partial charge on any atom is -0.455 e. The standard InChI is InChI=1S/C28H28O7/c1-19(29)33-25-24(35-27(31)26(25)34-20(2)30)18-32-28(21-12-6-3-7-13-21,22-14-8-4-9-15-22)23-16-10-5-11-17-23/h3-17,24-27,31H,18H2,1-2H3/t24-,25-,26-,27-/m1/s1. The molecular formula is C28H28O7. The van der Waals surface area contributed by atoms with Crippen LogP contribution in [-0.4, -0.2) is 48.3 Å². The molecule has 4 rings (SSSR count). The molecule has 1 fully saturated rings. The number of hydrogen-bond acceptors (Lipinski definition) is 7. The second kappa shape index (κ2) is 10.8. The fourth-order valence-corrected chi connectivity index (χ4v) is 4.47. The predicted molar refractivity (Wildman–Crippen MR) is 127 cm³/mol. The lowest BCUT2D eigenvalue weighted by Gasteiger charge is -2.37. The van der Waals surface area contributed by atoms with Crippen molar-refractivity contribution in [2.75, 3.05) is 6.61 Å². The number of esters is 2. The predicted octanol–water partition coefficient (Wildman–Crippen LogP) is 3.58. The van der Waals surface area contributed by atoms with E-state index in [-0.39, 0.29) is 6.61 Å². The van der Waals surface area contributed by atoms with E-state index < -0.39 is 42.1 Å². The highest BCUT2D eigenvalue weighted by molar-refractivity contribution is 5.67. The molecule has 0 unspecified atom stereocenters. The summed E-state index contributed by atoms with van der Waals surface area (Å²) in [5.74, 6) is -1.21. The van der Waals surface area contributed by atoms with Crippen LogP contribution in [0.4, 0.5) is 0 Å². The molecule has 0 bridgehead atoms. The fourth-order valence-electron chi connectivity index (χ4n) is 4.47. The van der Waals surface area contributed by atoms with Crippen LogP contribution in [0.2, 0.25) is 0 Å². The quantitative estimate of drug-likeness (QED) is 0.393. The zero-order chi connectivity index (χ0) is 24.8. The summed E-state index contributed by atoms with van der Waals surface area (Å²) in [4.78, 5) is 23.4. The van der Waals surface area contributed by atoms with Gasteiger partial charge in [-0.25, -0.2) is 0 Å². The third-order valence-corrected chi connectivity index (χ3v) is 5.89. The number of benzene rings is 3. The zero-order valence-electron chi connectivity index (χ0n) is 19.6. The van der Waals surface area contributed by atoms with Gasteiger partial charge in [0.1, 0.15) is 11.7 Å². The maximum absolute atomic E-state index is 11.8. The van der Waals surface area contributed by atoms with Gasteiger partial charge in [0.25, 0.3) is 0 Å². The van der Waals surface area contributed by atoms with E-state index in [0.717, 1.165) is 16.7 Å². The molecule has 3 aromatic carbocycles. The number of aliphatic hydroxyl groups excluding tert-OH is 1. The van der Waals surface area contributed by atoms with E-state index in [4.69, 9.17) is 18.9 Å². The molecule has 0 amide bonds. The van der Waals surface area contributed by atoms with Crippen molar-refractivity contribution in [1.29, 1.82) is 0 Å². The molecule has 1 heterocycles. The van der Waals surface area contributed by atoms with Crippen LogP contribution in [0.3, 0.4) is 0 Å². The van der Waals surface area contributed by atoms with Crippen molar-refractivity contribution in [3.05, 3.63) is 108 Å². The van der Waals surface area contributed by atoms with Gasteiger partial charge < -0.3 is 24.1 Å². The number of hydrogen-bond donors (Lipinski definition) is 1. The lowest BCUT2D eigenvalue weighted by atomic mass is 9.80. The van der Waals surface area contributed by atoms with Crippen LogP contribution in [0.25, 0.3) is 0 Å². The fraction of sp³-hybridized carbons (Fsp3) is 0.286. The first-order valence-corrected chi connectivity index (χ1v) is 11.4. The van der Waals surface area contributed by atoms with Crippen LogP contribution in [0.5, 0.6) is 0 Å². The number of carbonyl (C=O) groups is 2. The molecule has 182 valence electrons. The lowest BCUT2D eigenvalue weighted by Crippen LogP contribution is -2.43. The Kier molecular flexibility index (Phi) is 7.60. The topological polar surface area (TPSA) is 91.3 Å². The van der Waals surface area contributed by atoms with Crippen molar-refractivity contribution < 1.29 is 33.6 Å². The Balaban J connectivity index is 1.75. The van der Waals surface area contributed by atoms with E-state index in [1.165, 1.54) is 13.8 Å². The van der Waals surface area contributed by atoms with Crippen molar-refractivity contribution >= 4 is 11.9 Å². The minimum atomic E-state index is -1.46. The monoisotopic (exact) mass is 476 g/mol. The van der Waals surface area contributed by atoms with E-state index in [0.29, 0.717) is 0 Å². The second-order valence-electron chi connectivity index (χ2n) is 8.30. The largest absolute Gasteiger partial charge is 0.455 e. The first-order chi connectivity index (χ1) is 16.9. The van der Waals surface area contributed by atoms with Crippen LogP contribution in [0.15, 0.2) is 91.0 Å². The summed E-state index contributed by atoms with van der Waals surface area (Å²) in [6.07, 6.45) is -4.54. The summed E-state index contributed by atoms with van der Waals surface area (Å²) in [7, 11) is 0. The molecule has 7 nitrogen and oxygen atoms in total. The molecule has 1 saturated heterocycles. The van der Waals surface area contributed by atoms with Gasteiger partial charge in [-0.15, -0.1) is 0 Å². The van der Waals surface area contributed by atoms with E-state index in [9.17, 15) is 14.7 Å². The van der Waals surface area contributed by atoms with Crippen molar-refractivity contribution in [2.24, 2.45) is 0 Å². The first-order valence-electron chi connectivity index (χ1n) is 11.4. The summed E-state index contributed by atoms with van der Waals surface area (Å²) in [5.41, 5.74) is 1.63. The summed E-state index contributed by atoms with van der Waals surface area (Å²) in [6, 6.07) is 29.3. The molecule has 35 heavy (non-hydrogen) atoms. The van der Waals surface area contributed by atoms with Gasteiger partial charge in [-0.05, 0) is 16.7 Å². The van der Waals surface area contributed by atoms with Crippen molar-refractivity contribution in [2.45, 2.75) is 44.1 Å². The van der Waals surface area contributed by atoms with Crippen molar-refractivity contribution in [3.63, 3.8) is 0 Å². The first kappa shape index (κ1) is 24.6. The van der Waals surface area contributed by atoms with E-state index in [2.05, 4.69) is 0 Å². The Labute approximate surface area is 204 Å². The maximum Gasteiger partial charge on any atom is 0.303 e. The minimum absolute atomic E-state index is 0.0640. The second-order valence-corrected chi connectivity index (χ2v) is 8.30. The van der Waals surface area contributed by atoms with Gasteiger partial charge in [-0.2, -0.15) is 0 Å². The van der Waals surface area contributed by atoms with E-state index in [1.807, 2.05) is 91.0 Å². The highest BCUT2D eigenvalue weighted by Gasteiger charge is 2.50. The maximum atomic E-state index is 11.8. The SMILES string of the molecule is CC(=O)O[C@@H]1[C@H](OC(C)=O)[C@@H](COC(c2ccccc2)(c2ccccc2)c2ccccc2)O[C@H]1O. The third-order valence-electron chi connectivity index (χ3n) is 5.89. The van der Waals surface area contributed by atoms with Crippen LogP contribution >= 0.6 is 0 Å². The van der Waals surface area contributed by atoms with E-state index >= 15 is 0 Å². The van der Waals surface area contributed by atoms with Gasteiger partial charge in [0, 0.05) is 13.8 Å². The Morgan fingerprint density at radius 3 is 1.54 bits per heavy atom. The average Bonchev–Trinajstić information content (AvgIpc) is 3.14. The van der Waals surface area contributed by atoms with E-state index in [1.54, 1.807) is 0 Å². The van der Waals surface area contributed by atoms with Crippen LogP contribution in [-0.2, 0) is 34.1 Å². The van der Waals surface area contributed by atoms with Gasteiger partial charge in [0.2, 0.25) is 0 Å². The molecule has 0 spiro atoms. The molecule has 1 aliphatic rings. The molecule has 0 aliphatic carbocycles. The third kappa shape index (κ3) is 5.27. The summed E-state index contributed by atoms with van der Waals surface area (Å²) >= 11 is 0. The molecule has 1 N–H and O–H groups in total. The lowest BCUT2D eigenvalue weighted by molar-refractivity contribution is -0.174. The molecule has 0 aromatic heterocycles. The summed E-state index contributed by atoms with van der Waals surface area (Å²) in [5, 5.41) is 10.4. The van der Waals surface area contributed by atoms with Crippen molar-refractivity contribution in [1.82, 2.24) is 0 Å².